The molecule has 0 fully saturated rings. The first-order chi connectivity index (χ1) is 13.4. The molecule has 0 aliphatic heterocycles. The van der Waals surface area contributed by atoms with E-state index < -0.39 is 11.9 Å². The van der Waals surface area contributed by atoms with Crippen LogP contribution in [0.5, 0.6) is 5.75 Å². The van der Waals surface area contributed by atoms with Gasteiger partial charge in [-0.05, 0) is 30.5 Å². The molecule has 1 heterocycles. The zero-order chi connectivity index (χ0) is 20.4. The van der Waals surface area contributed by atoms with Crippen molar-refractivity contribution in [1.29, 1.82) is 0 Å². The fourth-order valence-corrected chi connectivity index (χ4v) is 3.05. The van der Waals surface area contributed by atoms with Gasteiger partial charge >= 0.3 is 6.18 Å². The lowest BCUT2D eigenvalue weighted by Gasteiger charge is -2.11. The summed E-state index contributed by atoms with van der Waals surface area (Å²) in [5.41, 5.74) is 0.292. The lowest BCUT2D eigenvalue weighted by molar-refractivity contribution is -0.140. The molecule has 0 spiro atoms. The highest BCUT2D eigenvalue weighted by Crippen LogP contribution is 2.29. The molecule has 0 aliphatic carbocycles. The maximum atomic E-state index is 12.6. The van der Waals surface area contributed by atoms with Crippen LogP contribution in [0.2, 0.25) is 0 Å². The first kappa shape index (κ1) is 25.5. The van der Waals surface area contributed by atoms with Crippen LogP contribution in [0.1, 0.15) is 36.0 Å². The zero-order valence-electron chi connectivity index (χ0n) is 16.4. The van der Waals surface area contributed by atoms with Crippen molar-refractivity contribution in [2.45, 2.75) is 38.9 Å². The summed E-state index contributed by atoms with van der Waals surface area (Å²) >= 11 is 0.970. The first-order valence-electron chi connectivity index (χ1n) is 9.10. The Hall–Kier alpha value is -1.56. The minimum Gasteiger partial charge on any atom is -0.494 e. The van der Waals surface area contributed by atoms with E-state index in [1.54, 1.807) is 7.05 Å². The van der Waals surface area contributed by atoms with Crippen molar-refractivity contribution in [3.8, 4) is 5.75 Å². The standard InChI is InChI=1S/C19H25F3N4OS.HI/c1-3-4-11-27-15-7-5-14(6-8-15)9-10-24-18(23-2)25-12-17-26-16(13-28-17)19(20,21)22;/h5-8,13H,3-4,9-12H2,1-2H3,(H2,23,24,25);1H. The van der Waals surface area contributed by atoms with E-state index in [9.17, 15) is 13.2 Å². The molecule has 5 nitrogen and oxygen atoms in total. The van der Waals surface area contributed by atoms with Gasteiger partial charge in [-0.2, -0.15) is 13.2 Å². The van der Waals surface area contributed by atoms with Gasteiger partial charge in [-0.1, -0.05) is 25.5 Å². The van der Waals surface area contributed by atoms with Gasteiger partial charge in [0.1, 0.15) is 10.8 Å². The number of rotatable bonds is 9. The number of aromatic nitrogens is 1. The molecule has 0 bridgehead atoms. The average Bonchev–Trinajstić information content (AvgIpc) is 3.15. The molecule has 162 valence electrons. The van der Waals surface area contributed by atoms with Gasteiger partial charge in [0.05, 0.1) is 13.2 Å². The number of alkyl halides is 3. The van der Waals surface area contributed by atoms with E-state index >= 15 is 0 Å². The van der Waals surface area contributed by atoms with E-state index in [1.165, 1.54) is 0 Å². The van der Waals surface area contributed by atoms with Crippen molar-refractivity contribution in [2.75, 3.05) is 20.2 Å². The predicted molar refractivity (Wildman–Crippen MR) is 121 cm³/mol. The Labute approximate surface area is 190 Å². The van der Waals surface area contributed by atoms with Crippen molar-refractivity contribution < 1.29 is 17.9 Å². The number of nitrogens with zero attached hydrogens (tertiary/aromatic N) is 2. The number of halogens is 4. The van der Waals surface area contributed by atoms with Crippen molar-refractivity contribution in [3.05, 3.63) is 45.9 Å². The minimum absolute atomic E-state index is 0. The summed E-state index contributed by atoms with van der Waals surface area (Å²) in [5, 5.41) is 7.49. The molecule has 1 aromatic heterocycles. The Morgan fingerprint density at radius 3 is 2.52 bits per heavy atom. The Balaban J connectivity index is 0.00000420. The van der Waals surface area contributed by atoms with Crippen LogP contribution in [-0.4, -0.2) is 31.1 Å². The van der Waals surface area contributed by atoms with Crippen LogP contribution in [0, 0.1) is 0 Å². The second-order valence-electron chi connectivity index (χ2n) is 6.07. The lowest BCUT2D eigenvalue weighted by Crippen LogP contribution is -2.37. The molecule has 0 amide bonds. The maximum Gasteiger partial charge on any atom is 0.434 e. The van der Waals surface area contributed by atoms with Crippen LogP contribution in [0.15, 0.2) is 34.6 Å². The molecule has 0 atom stereocenters. The maximum absolute atomic E-state index is 12.6. The van der Waals surface area contributed by atoms with Crippen LogP contribution in [0.25, 0.3) is 0 Å². The van der Waals surface area contributed by atoms with Crippen LogP contribution in [-0.2, 0) is 19.1 Å². The summed E-state index contributed by atoms with van der Waals surface area (Å²) in [6.07, 6.45) is -1.49. The van der Waals surface area contributed by atoms with Gasteiger partial charge < -0.3 is 15.4 Å². The molecule has 1 aromatic carbocycles. The quantitative estimate of drug-likeness (QED) is 0.206. The number of unbranched alkanes of at least 4 members (excludes halogenated alkanes) is 1. The van der Waals surface area contributed by atoms with Gasteiger partial charge in [-0.3, -0.25) is 4.99 Å². The summed E-state index contributed by atoms with van der Waals surface area (Å²) in [6, 6.07) is 7.96. The third-order valence-electron chi connectivity index (χ3n) is 3.87. The Morgan fingerprint density at radius 2 is 1.93 bits per heavy atom. The molecule has 2 N–H and O–H groups in total. The van der Waals surface area contributed by atoms with E-state index in [1.807, 2.05) is 24.3 Å². The predicted octanol–water partition coefficient (Wildman–Crippen LogP) is 4.87. The number of benzene rings is 1. The minimum atomic E-state index is -4.41. The fourth-order valence-electron chi connectivity index (χ4n) is 2.31. The SMILES string of the molecule is CCCCOc1ccc(CCNC(=NC)NCc2nc(C(F)(F)F)cs2)cc1.I. The molecule has 0 saturated heterocycles. The molecule has 2 rings (SSSR count). The normalized spacial score (nSPS) is 11.7. The number of nitrogens with one attached hydrogen (secondary N) is 2. The third kappa shape index (κ3) is 9.20. The second kappa shape index (κ2) is 12.9. The first-order valence-corrected chi connectivity index (χ1v) is 9.98. The van der Waals surface area contributed by atoms with Crippen LogP contribution < -0.4 is 15.4 Å². The van der Waals surface area contributed by atoms with Crippen molar-refractivity contribution in [2.24, 2.45) is 4.99 Å². The monoisotopic (exact) mass is 542 g/mol. The summed E-state index contributed by atoms with van der Waals surface area (Å²) in [7, 11) is 1.61. The number of hydrogen-bond acceptors (Lipinski definition) is 4. The van der Waals surface area contributed by atoms with E-state index in [-0.39, 0.29) is 30.5 Å². The van der Waals surface area contributed by atoms with E-state index in [2.05, 4.69) is 27.5 Å². The highest BCUT2D eigenvalue weighted by molar-refractivity contribution is 14.0. The molecule has 10 heteroatoms. The van der Waals surface area contributed by atoms with Crippen LogP contribution >= 0.6 is 35.3 Å². The number of thiazole rings is 1. The van der Waals surface area contributed by atoms with Crippen molar-refractivity contribution in [3.63, 3.8) is 0 Å². The largest absolute Gasteiger partial charge is 0.494 e. The zero-order valence-corrected chi connectivity index (χ0v) is 19.5. The molecular formula is C19H26F3IN4OS. The fraction of sp³-hybridized carbons (Fsp3) is 0.474. The van der Waals surface area contributed by atoms with Gasteiger partial charge in [-0.15, -0.1) is 35.3 Å². The second-order valence-corrected chi connectivity index (χ2v) is 7.02. The van der Waals surface area contributed by atoms with Crippen molar-refractivity contribution in [1.82, 2.24) is 15.6 Å². The molecule has 29 heavy (non-hydrogen) atoms. The average molecular weight is 542 g/mol. The van der Waals surface area contributed by atoms with Gasteiger partial charge in [-0.25, -0.2) is 4.98 Å². The Kier molecular flexibility index (Phi) is 11.3. The molecular weight excluding hydrogens is 516 g/mol. The number of ether oxygens (including phenoxy) is 1. The number of guanidine groups is 1. The van der Waals surface area contributed by atoms with Crippen LogP contribution in [0.3, 0.4) is 0 Å². The van der Waals surface area contributed by atoms with Gasteiger partial charge in [0, 0.05) is 19.0 Å². The topological polar surface area (TPSA) is 58.5 Å². The smallest absolute Gasteiger partial charge is 0.434 e. The van der Waals surface area contributed by atoms with Crippen LogP contribution in [0.4, 0.5) is 13.2 Å². The highest BCUT2D eigenvalue weighted by Gasteiger charge is 2.33. The molecule has 0 saturated carbocycles. The number of hydrogen-bond donors (Lipinski definition) is 2. The molecule has 0 radical (unpaired) electrons. The van der Waals surface area contributed by atoms with Gasteiger partial charge in [0.25, 0.3) is 0 Å². The van der Waals surface area contributed by atoms with Gasteiger partial charge in [0.15, 0.2) is 11.7 Å². The highest BCUT2D eigenvalue weighted by atomic mass is 127. The lowest BCUT2D eigenvalue weighted by atomic mass is 10.1. The Morgan fingerprint density at radius 1 is 1.21 bits per heavy atom. The summed E-state index contributed by atoms with van der Waals surface area (Å²) < 4.78 is 43.4. The third-order valence-corrected chi connectivity index (χ3v) is 4.72. The summed E-state index contributed by atoms with van der Waals surface area (Å²) in [5.74, 6) is 1.38. The van der Waals surface area contributed by atoms with E-state index in [0.717, 1.165) is 53.9 Å². The van der Waals surface area contributed by atoms with E-state index in [4.69, 9.17) is 4.74 Å². The molecule has 2 aromatic rings. The summed E-state index contributed by atoms with van der Waals surface area (Å²) in [6.45, 7) is 3.67. The number of aliphatic imine (C=N–C) groups is 1. The Bertz CT molecular complexity index is 751. The van der Waals surface area contributed by atoms with Crippen molar-refractivity contribution >= 4 is 41.3 Å². The summed E-state index contributed by atoms with van der Waals surface area (Å²) in [4.78, 5) is 7.66. The van der Waals surface area contributed by atoms with E-state index in [0.29, 0.717) is 17.5 Å². The van der Waals surface area contributed by atoms with Gasteiger partial charge in [0.2, 0.25) is 0 Å². The molecule has 0 unspecified atom stereocenters. The molecule has 0 aliphatic rings.